The zero-order valence-electron chi connectivity index (χ0n) is 16.8. The molecule has 0 bridgehead atoms. The van der Waals surface area contributed by atoms with Gasteiger partial charge in [0.05, 0.1) is 19.3 Å². The Balaban J connectivity index is 1.33. The second kappa shape index (κ2) is 9.54. The molecular formula is C24H27N3O2. The van der Waals surface area contributed by atoms with Gasteiger partial charge in [-0.3, -0.25) is 4.90 Å². The average Bonchev–Trinajstić information content (AvgIpc) is 2.78. The standard InChI is InChI=1S/C24H27N3O2/c1-2-28-22-11-9-21(10-12-22)26-24-13-8-19(16-25-24)17-27-14-15-29-23(18-27)20-6-4-3-5-7-20/h3-13,16,23H,2,14-15,17-18H2,1H3,(H,25,26)/t23-/m1/s1. The van der Waals surface area contributed by atoms with Crippen LogP contribution in [0.2, 0.25) is 0 Å². The lowest BCUT2D eigenvalue weighted by molar-refractivity contribution is -0.0329. The van der Waals surface area contributed by atoms with Crippen LogP contribution < -0.4 is 10.1 Å². The number of nitrogens with zero attached hydrogens (tertiary/aromatic N) is 2. The van der Waals surface area contributed by atoms with E-state index in [1.54, 1.807) is 0 Å². The molecule has 5 nitrogen and oxygen atoms in total. The van der Waals surface area contributed by atoms with Crippen LogP contribution in [0.15, 0.2) is 72.9 Å². The summed E-state index contributed by atoms with van der Waals surface area (Å²) in [5.74, 6) is 1.71. The minimum atomic E-state index is 0.138. The molecule has 1 aromatic heterocycles. The van der Waals surface area contributed by atoms with Crippen LogP contribution in [0.1, 0.15) is 24.2 Å². The quantitative estimate of drug-likeness (QED) is 0.629. The van der Waals surface area contributed by atoms with Gasteiger partial charge in [0.15, 0.2) is 0 Å². The van der Waals surface area contributed by atoms with Crippen LogP contribution in [-0.2, 0) is 11.3 Å². The molecule has 2 heterocycles. The molecule has 150 valence electrons. The minimum Gasteiger partial charge on any atom is -0.494 e. The fourth-order valence-electron chi connectivity index (χ4n) is 3.51. The summed E-state index contributed by atoms with van der Waals surface area (Å²) in [7, 11) is 0. The van der Waals surface area contributed by atoms with Crippen LogP contribution in [0.4, 0.5) is 11.5 Å². The number of anilines is 2. The van der Waals surface area contributed by atoms with Gasteiger partial charge in [-0.15, -0.1) is 0 Å². The summed E-state index contributed by atoms with van der Waals surface area (Å²) in [6.45, 7) is 6.13. The Labute approximate surface area is 172 Å². The SMILES string of the molecule is CCOc1ccc(Nc2ccc(CN3CCO[C@@H](c4ccccc4)C3)cn2)cc1. The van der Waals surface area contributed by atoms with Gasteiger partial charge in [-0.2, -0.15) is 0 Å². The first-order valence-electron chi connectivity index (χ1n) is 10.1. The molecule has 29 heavy (non-hydrogen) atoms. The third-order valence-corrected chi connectivity index (χ3v) is 4.99. The number of hydrogen-bond acceptors (Lipinski definition) is 5. The Hall–Kier alpha value is -2.89. The maximum atomic E-state index is 5.96. The first-order valence-corrected chi connectivity index (χ1v) is 10.1. The summed E-state index contributed by atoms with van der Waals surface area (Å²) in [5, 5.41) is 3.33. The third kappa shape index (κ3) is 5.34. The zero-order valence-corrected chi connectivity index (χ0v) is 16.8. The number of nitrogens with one attached hydrogen (secondary N) is 1. The number of ether oxygens (including phenoxy) is 2. The predicted octanol–water partition coefficient (Wildman–Crippen LogP) is 4.80. The summed E-state index contributed by atoms with van der Waals surface area (Å²) in [6.07, 6.45) is 2.09. The molecule has 0 spiro atoms. The van der Waals surface area contributed by atoms with Crippen molar-refractivity contribution in [2.45, 2.75) is 19.6 Å². The van der Waals surface area contributed by atoms with Crippen molar-refractivity contribution in [2.75, 3.05) is 31.6 Å². The normalized spacial score (nSPS) is 17.1. The third-order valence-electron chi connectivity index (χ3n) is 4.99. The molecule has 0 unspecified atom stereocenters. The van der Waals surface area contributed by atoms with E-state index in [2.05, 4.69) is 45.5 Å². The number of hydrogen-bond donors (Lipinski definition) is 1. The van der Waals surface area contributed by atoms with E-state index in [0.29, 0.717) is 6.61 Å². The molecule has 1 fully saturated rings. The summed E-state index contributed by atoms with van der Waals surface area (Å²) in [6, 6.07) is 22.5. The van der Waals surface area contributed by atoms with Gasteiger partial charge in [0, 0.05) is 31.5 Å². The van der Waals surface area contributed by atoms with E-state index >= 15 is 0 Å². The Morgan fingerprint density at radius 3 is 2.62 bits per heavy atom. The van der Waals surface area contributed by atoms with Crippen LogP contribution in [0.5, 0.6) is 5.75 Å². The van der Waals surface area contributed by atoms with Gasteiger partial charge < -0.3 is 14.8 Å². The highest BCUT2D eigenvalue weighted by atomic mass is 16.5. The van der Waals surface area contributed by atoms with E-state index < -0.39 is 0 Å². The number of aromatic nitrogens is 1. The fourth-order valence-corrected chi connectivity index (χ4v) is 3.51. The van der Waals surface area contributed by atoms with E-state index in [4.69, 9.17) is 9.47 Å². The van der Waals surface area contributed by atoms with Gasteiger partial charge in [-0.25, -0.2) is 4.98 Å². The van der Waals surface area contributed by atoms with E-state index in [1.807, 2.05) is 49.5 Å². The Morgan fingerprint density at radius 2 is 1.90 bits per heavy atom. The van der Waals surface area contributed by atoms with E-state index in [9.17, 15) is 0 Å². The minimum absolute atomic E-state index is 0.138. The van der Waals surface area contributed by atoms with Crippen LogP contribution in [0.3, 0.4) is 0 Å². The maximum absolute atomic E-state index is 5.96. The Kier molecular flexibility index (Phi) is 6.39. The molecule has 1 aliphatic rings. The van der Waals surface area contributed by atoms with Gasteiger partial charge in [0.2, 0.25) is 0 Å². The maximum Gasteiger partial charge on any atom is 0.130 e. The second-order valence-corrected chi connectivity index (χ2v) is 7.14. The molecular weight excluding hydrogens is 362 g/mol. The van der Waals surface area contributed by atoms with Crippen molar-refractivity contribution in [3.8, 4) is 5.75 Å². The van der Waals surface area contributed by atoms with Gasteiger partial charge in [-0.05, 0) is 48.4 Å². The van der Waals surface area contributed by atoms with Gasteiger partial charge >= 0.3 is 0 Å². The van der Waals surface area contributed by atoms with Gasteiger partial charge in [-0.1, -0.05) is 36.4 Å². The lowest BCUT2D eigenvalue weighted by Crippen LogP contribution is -2.37. The molecule has 1 saturated heterocycles. The summed E-state index contributed by atoms with van der Waals surface area (Å²) < 4.78 is 11.4. The van der Waals surface area contributed by atoms with Crippen molar-refractivity contribution >= 4 is 11.5 Å². The molecule has 1 atom stereocenters. The number of rotatable bonds is 7. The Bertz CT molecular complexity index is 882. The number of benzene rings is 2. The highest BCUT2D eigenvalue weighted by molar-refractivity contribution is 5.57. The van der Waals surface area contributed by atoms with E-state index in [1.165, 1.54) is 11.1 Å². The molecule has 0 saturated carbocycles. The molecule has 1 aliphatic heterocycles. The first kappa shape index (κ1) is 19.4. The van der Waals surface area contributed by atoms with E-state index in [0.717, 1.165) is 43.5 Å². The lowest BCUT2D eigenvalue weighted by atomic mass is 10.1. The van der Waals surface area contributed by atoms with Crippen molar-refractivity contribution in [3.63, 3.8) is 0 Å². The predicted molar refractivity (Wildman–Crippen MR) is 116 cm³/mol. The average molecular weight is 389 g/mol. The molecule has 5 heteroatoms. The fraction of sp³-hybridized carbons (Fsp3) is 0.292. The van der Waals surface area contributed by atoms with Crippen molar-refractivity contribution < 1.29 is 9.47 Å². The molecule has 2 aromatic carbocycles. The first-order chi connectivity index (χ1) is 14.3. The summed E-state index contributed by atoms with van der Waals surface area (Å²) in [4.78, 5) is 7.00. The van der Waals surface area contributed by atoms with Crippen LogP contribution in [0, 0.1) is 0 Å². The molecule has 0 amide bonds. The number of pyridine rings is 1. The smallest absolute Gasteiger partial charge is 0.130 e. The summed E-state index contributed by atoms with van der Waals surface area (Å²) in [5.41, 5.74) is 3.44. The van der Waals surface area contributed by atoms with Crippen molar-refractivity contribution in [3.05, 3.63) is 84.1 Å². The number of morpholine rings is 1. The van der Waals surface area contributed by atoms with Crippen LogP contribution in [-0.4, -0.2) is 36.2 Å². The van der Waals surface area contributed by atoms with Crippen molar-refractivity contribution in [2.24, 2.45) is 0 Å². The van der Waals surface area contributed by atoms with Gasteiger partial charge in [0.1, 0.15) is 11.6 Å². The molecule has 0 aliphatic carbocycles. The molecule has 1 N–H and O–H groups in total. The van der Waals surface area contributed by atoms with E-state index in [-0.39, 0.29) is 6.10 Å². The molecule has 4 rings (SSSR count). The van der Waals surface area contributed by atoms with Crippen molar-refractivity contribution in [1.82, 2.24) is 9.88 Å². The Morgan fingerprint density at radius 1 is 1.07 bits per heavy atom. The topological polar surface area (TPSA) is 46.6 Å². The molecule has 0 radical (unpaired) electrons. The van der Waals surface area contributed by atoms with Gasteiger partial charge in [0.25, 0.3) is 0 Å². The summed E-state index contributed by atoms with van der Waals surface area (Å²) >= 11 is 0. The largest absolute Gasteiger partial charge is 0.494 e. The zero-order chi connectivity index (χ0) is 19.9. The molecule has 3 aromatic rings. The van der Waals surface area contributed by atoms with Crippen molar-refractivity contribution in [1.29, 1.82) is 0 Å². The van der Waals surface area contributed by atoms with Crippen LogP contribution >= 0.6 is 0 Å². The second-order valence-electron chi connectivity index (χ2n) is 7.14. The highest BCUT2D eigenvalue weighted by Gasteiger charge is 2.21. The van der Waals surface area contributed by atoms with Crippen LogP contribution in [0.25, 0.3) is 0 Å². The highest BCUT2D eigenvalue weighted by Crippen LogP contribution is 2.23. The lowest BCUT2D eigenvalue weighted by Gasteiger charge is -2.33. The monoisotopic (exact) mass is 389 g/mol.